The van der Waals surface area contributed by atoms with E-state index in [1.54, 1.807) is 6.08 Å². The lowest BCUT2D eigenvalue weighted by atomic mass is 10.1. The molecule has 0 aromatic carbocycles. The molecule has 0 rings (SSSR count). The molecule has 0 aromatic rings. The molecule has 15 heavy (non-hydrogen) atoms. The number of hydrogen-bond donors (Lipinski definition) is 0. The van der Waals surface area contributed by atoms with Crippen molar-refractivity contribution in [3.8, 4) is 0 Å². The van der Waals surface area contributed by atoms with Gasteiger partial charge >= 0.3 is 0 Å². The summed E-state index contributed by atoms with van der Waals surface area (Å²) in [7, 11) is 0. The van der Waals surface area contributed by atoms with Crippen molar-refractivity contribution >= 4 is 0 Å². The fourth-order valence-electron chi connectivity index (χ4n) is 1.54. The monoisotopic (exact) mass is 205 g/mol. The smallest absolute Gasteiger partial charge is 0.0172 e. The number of hydrogen-bond acceptors (Lipinski definition) is 0. The van der Waals surface area contributed by atoms with Crippen LogP contribution >= 0.6 is 0 Å². The van der Waals surface area contributed by atoms with Gasteiger partial charge in [0.15, 0.2) is 0 Å². The minimum atomic E-state index is 1.01. The maximum atomic E-state index is 5.31. The Bertz CT molecular complexity index is 165. The van der Waals surface area contributed by atoms with Gasteiger partial charge in [0.25, 0.3) is 0 Å². The summed E-state index contributed by atoms with van der Waals surface area (Å²) in [6, 6.07) is 0. The van der Waals surface area contributed by atoms with Gasteiger partial charge in [-0.05, 0) is 32.1 Å². The van der Waals surface area contributed by atoms with Crippen LogP contribution in [0.2, 0.25) is 0 Å². The van der Waals surface area contributed by atoms with Gasteiger partial charge in [0.1, 0.15) is 0 Å². The van der Waals surface area contributed by atoms with Crippen molar-refractivity contribution in [3.05, 3.63) is 37.5 Å². The average molecular weight is 205 g/mol. The van der Waals surface area contributed by atoms with Crippen molar-refractivity contribution in [1.29, 1.82) is 0 Å². The van der Waals surface area contributed by atoms with Gasteiger partial charge in [-0.25, -0.2) is 0 Å². The molecule has 1 radical (unpaired) electrons. The molecule has 0 saturated carbocycles. The van der Waals surface area contributed by atoms with Crippen LogP contribution in [0.4, 0.5) is 0 Å². The Labute approximate surface area is 95.8 Å². The van der Waals surface area contributed by atoms with Crippen molar-refractivity contribution in [1.82, 2.24) is 0 Å². The number of allylic oxidation sites excluding steroid dienone is 4. The first-order valence-corrected chi connectivity index (χ1v) is 6.21. The maximum Gasteiger partial charge on any atom is -0.0172 e. The van der Waals surface area contributed by atoms with Crippen molar-refractivity contribution in [2.24, 2.45) is 0 Å². The second-order valence-corrected chi connectivity index (χ2v) is 3.93. The molecule has 0 aliphatic heterocycles. The average Bonchev–Trinajstić information content (AvgIpc) is 2.26. The molecule has 0 bridgehead atoms. The predicted octanol–water partition coefficient (Wildman–Crippen LogP) is 5.23. The molecule has 0 atom stereocenters. The molecule has 0 aliphatic rings. The standard InChI is InChI=1S/C15H25/c1-3-5-7-9-11-13-15-14-12-10-8-6-4-2/h1,3-4,8,10H,2,5-7,9,11-15H2. The van der Waals surface area contributed by atoms with Gasteiger partial charge in [-0.2, -0.15) is 0 Å². The highest BCUT2D eigenvalue weighted by atomic mass is 14.0. The van der Waals surface area contributed by atoms with Gasteiger partial charge in [-0.1, -0.05) is 56.6 Å². The first-order valence-electron chi connectivity index (χ1n) is 6.21. The third-order valence-electron chi connectivity index (χ3n) is 2.46. The van der Waals surface area contributed by atoms with E-state index >= 15 is 0 Å². The van der Waals surface area contributed by atoms with Crippen LogP contribution in [0.5, 0.6) is 0 Å². The Balaban J connectivity index is 2.98. The summed E-state index contributed by atoms with van der Waals surface area (Å²) in [5, 5.41) is 0. The molecule has 0 N–H and O–H groups in total. The Hall–Kier alpha value is -0.780. The fourth-order valence-corrected chi connectivity index (χ4v) is 1.54. The molecule has 0 spiro atoms. The van der Waals surface area contributed by atoms with Crippen molar-refractivity contribution < 1.29 is 0 Å². The van der Waals surface area contributed by atoms with Gasteiger partial charge < -0.3 is 0 Å². The van der Waals surface area contributed by atoms with Crippen LogP contribution in [0, 0.1) is 6.58 Å². The minimum Gasteiger partial charge on any atom is -0.103 e. The van der Waals surface area contributed by atoms with Gasteiger partial charge in [-0.3, -0.25) is 0 Å². The summed E-state index contributed by atoms with van der Waals surface area (Å²) in [5.41, 5.74) is 0. The third kappa shape index (κ3) is 13.2. The molecule has 0 amide bonds. The van der Waals surface area contributed by atoms with Crippen molar-refractivity contribution in [2.75, 3.05) is 0 Å². The molecule has 0 aliphatic carbocycles. The largest absolute Gasteiger partial charge is 0.103 e. The lowest BCUT2D eigenvalue weighted by Crippen LogP contribution is -1.79. The molecule has 0 unspecified atom stereocenters. The Morgan fingerprint density at radius 1 is 0.800 bits per heavy atom. The van der Waals surface area contributed by atoms with E-state index in [0.29, 0.717) is 0 Å². The van der Waals surface area contributed by atoms with Crippen LogP contribution < -0.4 is 0 Å². The Morgan fingerprint density at radius 3 is 2.00 bits per heavy atom. The topological polar surface area (TPSA) is 0 Å². The highest BCUT2D eigenvalue weighted by molar-refractivity contribution is 4.87. The first-order chi connectivity index (χ1) is 7.41. The Kier molecular flexibility index (Phi) is 12.5. The summed E-state index contributed by atoms with van der Waals surface area (Å²) in [6.07, 6.45) is 19.5. The predicted molar refractivity (Wildman–Crippen MR) is 69.8 cm³/mol. The van der Waals surface area contributed by atoms with Gasteiger partial charge in [-0.15, -0.1) is 6.58 Å². The van der Waals surface area contributed by atoms with E-state index in [4.69, 9.17) is 6.58 Å². The molecule has 0 heteroatoms. The maximum absolute atomic E-state index is 5.31. The van der Waals surface area contributed by atoms with E-state index in [2.05, 4.69) is 18.7 Å². The summed E-state index contributed by atoms with van der Waals surface area (Å²) in [4.78, 5) is 0. The quantitative estimate of drug-likeness (QED) is 0.320. The Morgan fingerprint density at radius 2 is 1.40 bits per heavy atom. The van der Waals surface area contributed by atoms with E-state index in [1.165, 1.54) is 44.9 Å². The molecule has 85 valence electrons. The fraction of sp³-hybridized carbons (Fsp3) is 0.600. The zero-order chi connectivity index (χ0) is 11.2. The van der Waals surface area contributed by atoms with E-state index in [1.807, 2.05) is 6.08 Å². The summed E-state index contributed by atoms with van der Waals surface area (Å²) >= 11 is 0. The zero-order valence-electron chi connectivity index (χ0n) is 9.96. The molecule has 0 aromatic heterocycles. The zero-order valence-corrected chi connectivity index (χ0v) is 9.96. The first kappa shape index (κ1) is 14.2. The van der Waals surface area contributed by atoms with E-state index < -0.39 is 0 Å². The molecular formula is C15H25. The lowest BCUT2D eigenvalue weighted by Gasteiger charge is -1.98. The summed E-state index contributed by atoms with van der Waals surface area (Å²) in [5.74, 6) is 0. The SMILES string of the molecule is [CH]=CCCCCCCCCC=CCC=C. The van der Waals surface area contributed by atoms with Crippen LogP contribution in [-0.2, 0) is 0 Å². The molecule has 0 fully saturated rings. The molecule has 0 saturated heterocycles. The van der Waals surface area contributed by atoms with Crippen LogP contribution in [0.3, 0.4) is 0 Å². The van der Waals surface area contributed by atoms with Gasteiger partial charge in [0.05, 0.1) is 0 Å². The summed E-state index contributed by atoms with van der Waals surface area (Å²) in [6.45, 7) is 8.99. The molecule has 0 heterocycles. The van der Waals surface area contributed by atoms with E-state index in [-0.39, 0.29) is 0 Å². The van der Waals surface area contributed by atoms with Gasteiger partial charge in [0.2, 0.25) is 0 Å². The highest BCUT2D eigenvalue weighted by Crippen LogP contribution is 2.08. The summed E-state index contributed by atoms with van der Waals surface area (Å²) < 4.78 is 0. The second-order valence-electron chi connectivity index (χ2n) is 3.93. The highest BCUT2D eigenvalue weighted by Gasteiger charge is 1.89. The van der Waals surface area contributed by atoms with E-state index in [9.17, 15) is 0 Å². The third-order valence-corrected chi connectivity index (χ3v) is 2.46. The van der Waals surface area contributed by atoms with Gasteiger partial charge in [0, 0.05) is 0 Å². The molecule has 0 nitrogen and oxygen atoms in total. The van der Waals surface area contributed by atoms with Crippen molar-refractivity contribution in [2.45, 2.75) is 57.8 Å². The van der Waals surface area contributed by atoms with Crippen LogP contribution in [0.1, 0.15) is 57.8 Å². The van der Waals surface area contributed by atoms with Crippen LogP contribution in [0.25, 0.3) is 0 Å². The lowest BCUT2D eigenvalue weighted by molar-refractivity contribution is 0.600. The molecular weight excluding hydrogens is 180 g/mol. The van der Waals surface area contributed by atoms with Crippen molar-refractivity contribution in [3.63, 3.8) is 0 Å². The van der Waals surface area contributed by atoms with Crippen LogP contribution in [-0.4, -0.2) is 0 Å². The van der Waals surface area contributed by atoms with Crippen LogP contribution in [0.15, 0.2) is 30.9 Å². The van der Waals surface area contributed by atoms with E-state index in [0.717, 1.165) is 12.8 Å². The normalized spacial score (nSPS) is 10.7. The number of rotatable bonds is 11. The minimum absolute atomic E-state index is 1.01. The second kappa shape index (κ2) is 13.2. The number of unbranched alkanes of at least 4 members (excludes halogenated alkanes) is 7.